The molecule has 9 heteroatoms. The summed E-state index contributed by atoms with van der Waals surface area (Å²) in [5.74, 6) is 0.411. The number of methoxy groups -OCH3 is 1. The van der Waals surface area contributed by atoms with Crippen molar-refractivity contribution >= 4 is 50.7 Å². The number of carbonyl (C=O) groups is 1. The van der Waals surface area contributed by atoms with E-state index in [1.165, 1.54) is 35.5 Å². The summed E-state index contributed by atoms with van der Waals surface area (Å²) in [6.45, 7) is 0.140. The number of nitrogens with zero attached hydrogens (tertiary/aromatic N) is 2. The van der Waals surface area contributed by atoms with Gasteiger partial charge in [0.2, 0.25) is 0 Å². The molecule has 0 radical (unpaired) electrons. The molecule has 130 valence electrons. The zero-order chi connectivity index (χ0) is 18.1. The Morgan fingerprint density at radius 3 is 2.68 bits per heavy atom. The number of thiophene rings is 1. The topological polar surface area (TPSA) is 75.3 Å². The highest BCUT2D eigenvalue weighted by molar-refractivity contribution is 7.17. The molecule has 0 bridgehead atoms. The molecule has 25 heavy (non-hydrogen) atoms. The number of nitrogens with one attached hydrogen (secondary N) is 1. The zero-order valence-electron chi connectivity index (χ0n) is 13.3. The summed E-state index contributed by atoms with van der Waals surface area (Å²) in [5, 5.41) is 2.29. The van der Waals surface area contributed by atoms with E-state index in [9.17, 15) is 9.59 Å². The van der Waals surface area contributed by atoms with Crippen LogP contribution in [0.15, 0.2) is 28.4 Å². The number of fused-ring (bicyclic) bond motifs is 1. The van der Waals surface area contributed by atoms with Gasteiger partial charge in [0.15, 0.2) is 5.75 Å². The number of aromatic amines is 1. The van der Waals surface area contributed by atoms with Gasteiger partial charge in [-0.15, -0.1) is 11.3 Å². The molecule has 0 aliphatic rings. The monoisotopic (exact) mass is 397 g/mol. The fourth-order valence-corrected chi connectivity index (χ4v) is 3.76. The molecule has 0 spiro atoms. The quantitative estimate of drug-likeness (QED) is 0.729. The number of benzene rings is 1. The molecule has 0 aliphatic heterocycles. The summed E-state index contributed by atoms with van der Waals surface area (Å²) >= 11 is 13.5. The molecule has 0 aliphatic carbocycles. The van der Waals surface area contributed by atoms with E-state index in [0.717, 1.165) is 0 Å². The Morgan fingerprint density at radius 1 is 1.36 bits per heavy atom. The summed E-state index contributed by atoms with van der Waals surface area (Å²) in [6.07, 6.45) is 0. The summed E-state index contributed by atoms with van der Waals surface area (Å²) in [6, 6.07) is 4.75. The molecule has 1 amide bonds. The predicted octanol–water partition coefficient (Wildman–Crippen LogP) is 3.57. The number of halogens is 2. The van der Waals surface area contributed by atoms with Crippen LogP contribution in [0.5, 0.6) is 5.75 Å². The van der Waals surface area contributed by atoms with E-state index in [4.69, 9.17) is 27.9 Å². The van der Waals surface area contributed by atoms with Crippen molar-refractivity contribution in [3.8, 4) is 5.75 Å². The third-order valence-corrected chi connectivity index (χ3v) is 5.01. The molecular formula is C16H13Cl2N3O3S. The van der Waals surface area contributed by atoms with Crippen molar-refractivity contribution < 1.29 is 9.53 Å². The van der Waals surface area contributed by atoms with E-state index in [0.29, 0.717) is 27.4 Å². The molecule has 0 saturated carbocycles. The Labute approximate surface area is 157 Å². The van der Waals surface area contributed by atoms with Gasteiger partial charge in [0, 0.05) is 12.6 Å². The molecule has 1 aromatic carbocycles. The van der Waals surface area contributed by atoms with Gasteiger partial charge in [0.05, 0.1) is 29.2 Å². The number of hydrogen-bond acceptors (Lipinski definition) is 5. The number of carbonyl (C=O) groups excluding carboxylic acids is 1. The van der Waals surface area contributed by atoms with Crippen LogP contribution >= 0.6 is 34.5 Å². The van der Waals surface area contributed by atoms with Crippen LogP contribution in [-0.4, -0.2) is 34.9 Å². The highest BCUT2D eigenvalue weighted by Crippen LogP contribution is 2.34. The van der Waals surface area contributed by atoms with Gasteiger partial charge in [-0.1, -0.05) is 23.2 Å². The van der Waals surface area contributed by atoms with Gasteiger partial charge in [-0.25, -0.2) is 4.98 Å². The van der Waals surface area contributed by atoms with E-state index in [-0.39, 0.29) is 28.1 Å². The minimum atomic E-state index is -0.306. The van der Waals surface area contributed by atoms with Gasteiger partial charge in [0.1, 0.15) is 10.5 Å². The Balaban J connectivity index is 1.86. The van der Waals surface area contributed by atoms with Gasteiger partial charge in [-0.2, -0.15) is 0 Å². The molecule has 3 aromatic rings. The molecule has 0 unspecified atom stereocenters. The molecule has 0 fully saturated rings. The first kappa shape index (κ1) is 17.7. The molecule has 3 rings (SSSR count). The maximum Gasteiger partial charge on any atom is 0.268 e. The van der Waals surface area contributed by atoms with E-state index >= 15 is 0 Å². The van der Waals surface area contributed by atoms with Gasteiger partial charge >= 0.3 is 0 Å². The summed E-state index contributed by atoms with van der Waals surface area (Å²) in [4.78, 5) is 33.1. The summed E-state index contributed by atoms with van der Waals surface area (Å²) < 4.78 is 5.64. The van der Waals surface area contributed by atoms with Gasteiger partial charge in [0.25, 0.3) is 11.5 Å². The largest absolute Gasteiger partial charge is 0.494 e. The number of H-pyrrole nitrogens is 1. The van der Waals surface area contributed by atoms with Crippen molar-refractivity contribution in [2.45, 2.75) is 6.54 Å². The van der Waals surface area contributed by atoms with E-state index < -0.39 is 0 Å². The standard InChI is InChI=1S/C16H13Cl2N3O3S/c1-21(7-12-19-11-3-4-25-14(11)15(22)20-12)16(23)8-5-9(17)13(24-2)10(18)6-8/h3-6H,7H2,1-2H3,(H,19,20,22). The fourth-order valence-electron chi connectivity index (χ4n) is 2.39. The van der Waals surface area contributed by atoms with Crippen LogP contribution in [0.1, 0.15) is 16.2 Å². The molecule has 0 atom stereocenters. The van der Waals surface area contributed by atoms with Crippen molar-refractivity contribution in [3.05, 3.63) is 55.4 Å². The van der Waals surface area contributed by atoms with Gasteiger partial charge in [-0.05, 0) is 23.6 Å². The van der Waals surface area contributed by atoms with Crippen LogP contribution in [0, 0.1) is 0 Å². The number of hydrogen-bond donors (Lipinski definition) is 1. The van der Waals surface area contributed by atoms with Crippen molar-refractivity contribution in [1.29, 1.82) is 0 Å². The minimum Gasteiger partial charge on any atom is -0.494 e. The van der Waals surface area contributed by atoms with E-state index in [2.05, 4.69) is 9.97 Å². The molecule has 2 heterocycles. The Bertz CT molecular complexity index is 992. The Hall–Kier alpha value is -2.09. The summed E-state index contributed by atoms with van der Waals surface area (Å²) in [7, 11) is 3.05. The normalized spacial score (nSPS) is 10.9. The fraction of sp³-hybridized carbons (Fsp3) is 0.188. The average Bonchev–Trinajstić information content (AvgIpc) is 3.02. The Kier molecular flexibility index (Phi) is 4.99. The second kappa shape index (κ2) is 7.03. The molecule has 2 aromatic heterocycles. The average molecular weight is 398 g/mol. The van der Waals surface area contributed by atoms with Crippen LogP contribution in [0.3, 0.4) is 0 Å². The molecular weight excluding hydrogens is 385 g/mol. The van der Waals surface area contributed by atoms with Crippen LogP contribution in [0.4, 0.5) is 0 Å². The van der Waals surface area contributed by atoms with Gasteiger partial charge in [-0.3, -0.25) is 9.59 Å². The first-order chi connectivity index (χ1) is 11.9. The minimum absolute atomic E-state index is 0.140. The second-order valence-corrected chi connectivity index (χ2v) is 7.01. The lowest BCUT2D eigenvalue weighted by molar-refractivity contribution is 0.0781. The molecule has 0 saturated heterocycles. The van der Waals surface area contributed by atoms with E-state index in [1.54, 1.807) is 18.5 Å². The lowest BCUT2D eigenvalue weighted by Crippen LogP contribution is -2.28. The predicted molar refractivity (Wildman–Crippen MR) is 99.1 cm³/mol. The highest BCUT2D eigenvalue weighted by Gasteiger charge is 2.18. The summed E-state index contributed by atoms with van der Waals surface area (Å²) in [5.41, 5.74) is 0.712. The van der Waals surface area contributed by atoms with Gasteiger partial charge < -0.3 is 14.6 Å². The first-order valence-electron chi connectivity index (χ1n) is 7.15. The van der Waals surface area contributed by atoms with Crippen molar-refractivity contribution in [2.75, 3.05) is 14.2 Å². The Morgan fingerprint density at radius 2 is 2.04 bits per heavy atom. The highest BCUT2D eigenvalue weighted by atomic mass is 35.5. The number of rotatable bonds is 4. The smallest absolute Gasteiger partial charge is 0.268 e. The van der Waals surface area contributed by atoms with Crippen molar-refractivity contribution in [3.63, 3.8) is 0 Å². The molecule has 1 N–H and O–H groups in total. The maximum atomic E-state index is 12.6. The van der Waals surface area contributed by atoms with Crippen LogP contribution in [0.25, 0.3) is 10.2 Å². The lowest BCUT2D eigenvalue weighted by Gasteiger charge is -2.17. The third-order valence-electron chi connectivity index (χ3n) is 3.55. The number of ether oxygens (including phenoxy) is 1. The number of amides is 1. The van der Waals surface area contributed by atoms with Crippen LogP contribution in [0.2, 0.25) is 10.0 Å². The van der Waals surface area contributed by atoms with Crippen LogP contribution in [-0.2, 0) is 6.54 Å². The van der Waals surface area contributed by atoms with Crippen LogP contribution < -0.4 is 10.3 Å². The van der Waals surface area contributed by atoms with Crippen molar-refractivity contribution in [1.82, 2.24) is 14.9 Å². The van der Waals surface area contributed by atoms with E-state index in [1.807, 2.05) is 0 Å². The molecule has 6 nitrogen and oxygen atoms in total. The van der Waals surface area contributed by atoms with Crippen molar-refractivity contribution in [2.24, 2.45) is 0 Å². The maximum absolute atomic E-state index is 12.6. The zero-order valence-corrected chi connectivity index (χ0v) is 15.6. The third kappa shape index (κ3) is 3.49. The second-order valence-electron chi connectivity index (χ2n) is 5.28. The number of aromatic nitrogens is 2. The lowest BCUT2D eigenvalue weighted by atomic mass is 10.2. The first-order valence-corrected chi connectivity index (χ1v) is 8.79. The SMILES string of the molecule is COc1c(Cl)cc(C(=O)N(C)Cc2nc3ccsc3c(=O)[nH]2)cc1Cl.